The molecule has 1 N–H and O–H groups in total. The maximum absolute atomic E-state index is 12.6. The molecule has 0 saturated heterocycles. The third-order valence-corrected chi connectivity index (χ3v) is 5.09. The van der Waals surface area contributed by atoms with Gasteiger partial charge in [0.15, 0.2) is 4.96 Å². The molecular formula is C18H11Cl2N3OS. The molecule has 2 aromatic carbocycles. The van der Waals surface area contributed by atoms with Crippen LogP contribution < -0.4 is 5.32 Å². The van der Waals surface area contributed by atoms with Crippen LogP contribution in [0.1, 0.15) is 10.5 Å². The molecule has 0 unspecified atom stereocenters. The van der Waals surface area contributed by atoms with Gasteiger partial charge in [-0.2, -0.15) is 0 Å². The minimum absolute atomic E-state index is 0.271. The highest BCUT2D eigenvalue weighted by Crippen LogP contribution is 2.27. The number of aromatic nitrogens is 2. The Kier molecular flexibility index (Phi) is 4.21. The lowest BCUT2D eigenvalue weighted by Gasteiger charge is -2.07. The second kappa shape index (κ2) is 6.52. The van der Waals surface area contributed by atoms with Crippen LogP contribution in [-0.2, 0) is 0 Å². The summed E-state index contributed by atoms with van der Waals surface area (Å²) >= 11 is 13.5. The van der Waals surface area contributed by atoms with E-state index in [2.05, 4.69) is 10.3 Å². The van der Waals surface area contributed by atoms with E-state index in [0.29, 0.717) is 21.4 Å². The van der Waals surface area contributed by atoms with Crippen molar-refractivity contribution in [3.05, 3.63) is 75.8 Å². The zero-order valence-corrected chi connectivity index (χ0v) is 15.1. The van der Waals surface area contributed by atoms with Gasteiger partial charge < -0.3 is 5.32 Å². The first-order valence-corrected chi connectivity index (χ1v) is 9.04. The van der Waals surface area contributed by atoms with E-state index in [-0.39, 0.29) is 5.91 Å². The SMILES string of the molecule is O=C(Nc1cc(Cl)ccc1Cl)c1csc2nc(-c3ccccc3)cn12. The number of imidazole rings is 1. The van der Waals surface area contributed by atoms with Crippen LogP contribution in [0.15, 0.2) is 60.1 Å². The molecule has 4 nitrogen and oxygen atoms in total. The molecule has 4 rings (SSSR count). The van der Waals surface area contributed by atoms with Gasteiger partial charge in [-0.05, 0) is 18.2 Å². The van der Waals surface area contributed by atoms with Gasteiger partial charge in [-0.1, -0.05) is 53.5 Å². The van der Waals surface area contributed by atoms with Crippen molar-refractivity contribution in [1.29, 1.82) is 0 Å². The van der Waals surface area contributed by atoms with Crippen LogP contribution in [0.5, 0.6) is 0 Å². The van der Waals surface area contributed by atoms with Crippen LogP contribution in [-0.4, -0.2) is 15.3 Å². The monoisotopic (exact) mass is 387 g/mol. The number of nitrogens with zero attached hydrogens (tertiary/aromatic N) is 2. The predicted octanol–water partition coefficient (Wildman–Crippen LogP) is 5.62. The lowest BCUT2D eigenvalue weighted by Crippen LogP contribution is -2.14. The Morgan fingerprint density at radius 3 is 2.72 bits per heavy atom. The van der Waals surface area contributed by atoms with Crippen molar-refractivity contribution in [2.45, 2.75) is 0 Å². The summed E-state index contributed by atoms with van der Waals surface area (Å²) in [6.45, 7) is 0. The summed E-state index contributed by atoms with van der Waals surface area (Å²) in [7, 11) is 0. The van der Waals surface area contributed by atoms with Gasteiger partial charge in [0.1, 0.15) is 5.69 Å². The third kappa shape index (κ3) is 3.14. The number of hydrogen-bond donors (Lipinski definition) is 1. The quantitative estimate of drug-likeness (QED) is 0.495. The Bertz CT molecular complexity index is 1070. The second-order valence-electron chi connectivity index (χ2n) is 5.34. The zero-order chi connectivity index (χ0) is 17.4. The first-order chi connectivity index (χ1) is 12.1. The van der Waals surface area contributed by atoms with Crippen molar-refractivity contribution in [2.24, 2.45) is 0 Å². The number of carbonyl (C=O) groups excluding carboxylic acids is 1. The minimum Gasteiger partial charge on any atom is -0.319 e. The standard InChI is InChI=1S/C18H11Cl2N3OS/c19-12-6-7-13(20)14(8-12)21-17(24)16-10-25-18-22-15(9-23(16)18)11-4-2-1-3-5-11/h1-10H,(H,21,24). The molecule has 0 aliphatic carbocycles. The van der Waals surface area contributed by atoms with Crippen LogP contribution >= 0.6 is 34.5 Å². The Balaban J connectivity index is 1.68. The van der Waals surface area contributed by atoms with Crippen molar-refractivity contribution in [2.75, 3.05) is 5.32 Å². The first kappa shape index (κ1) is 16.1. The Labute approximate surface area is 157 Å². The van der Waals surface area contributed by atoms with E-state index in [4.69, 9.17) is 23.2 Å². The van der Waals surface area contributed by atoms with Crippen LogP contribution in [0.4, 0.5) is 5.69 Å². The highest BCUT2D eigenvalue weighted by atomic mass is 35.5. The van der Waals surface area contributed by atoms with Crippen molar-refractivity contribution in [1.82, 2.24) is 9.38 Å². The topological polar surface area (TPSA) is 46.4 Å². The molecule has 0 fully saturated rings. The fourth-order valence-corrected chi connectivity index (χ4v) is 3.67. The molecule has 0 aliphatic heterocycles. The molecule has 4 aromatic rings. The number of hydrogen-bond acceptors (Lipinski definition) is 3. The summed E-state index contributed by atoms with van der Waals surface area (Å²) in [4.78, 5) is 18.0. The van der Waals surface area contributed by atoms with Crippen LogP contribution in [0.3, 0.4) is 0 Å². The van der Waals surface area contributed by atoms with Gasteiger partial charge in [-0.3, -0.25) is 9.20 Å². The predicted molar refractivity (Wildman–Crippen MR) is 103 cm³/mol. The number of fused-ring (bicyclic) bond motifs is 1. The average molecular weight is 388 g/mol. The summed E-state index contributed by atoms with van der Waals surface area (Å²) in [6, 6.07) is 14.8. The second-order valence-corrected chi connectivity index (χ2v) is 7.02. The van der Waals surface area contributed by atoms with Crippen molar-refractivity contribution in [3.63, 3.8) is 0 Å². The van der Waals surface area contributed by atoms with Crippen LogP contribution in [0.2, 0.25) is 10.0 Å². The molecule has 0 radical (unpaired) electrons. The largest absolute Gasteiger partial charge is 0.319 e. The number of thiazole rings is 1. The maximum Gasteiger partial charge on any atom is 0.273 e. The van der Waals surface area contributed by atoms with Gasteiger partial charge in [-0.15, -0.1) is 11.3 Å². The van der Waals surface area contributed by atoms with Crippen molar-refractivity contribution >= 4 is 51.1 Å². The molecule has 0 aliphatic rings. The molecule has 0 saturated carbocycles. The number of nitrogens with one attached hydrogen (secondary N) is 1. The summed E-state index contributed by atoms with van der Waals surface area (Å²) < 4.78 is 1.78. The summed E-state index contributed by atoms with van der Waals surface area (Å²) in [5.74, 6) is -0.271. The minimum atomic E-state index is -0.271. The molecular weight excluding hydrogens is 377 g/mol. The number of carbonyl (C=O) groups is 1. The molecule has 25 heavy (non-hydrogen) atoms. The van der Waals surface area contributed by atoms with Gasteiger partial charge in [0.25, 0.3) is 5.91 Å². The fourth-order valence-electron chi connectivity index (χ4n) is 2.47. The normalized spacial score (nSPS) is 11.0. The number of rotatable bonds is 3. The third-order valence-electron chi connectivity index (χ3n) is 3.69. The van der Waals surface area contributed by atoms with Crippen molar-refractivity contribution < 1.29 is 4.79 Å². The molecule has 2 aromatic heterocycles. The van der Waals surface area contributed by atoms with E-state index in [1.807, 2.05) is 36.5 Å². The van der Waals surface area contributed by atoms with Gasteiger partial charge in [0, 0.05) is 22.2 Å². The van der Waals surface area contributed by atoms with Gasteiger partial charge >= 0.3 is 0 Å². The molecule has 0 bridgehead atoms. The molecule has 1 amide bonds. The number of halogens is 2. The van der Waals surface area contributed by atoms with Crippen molar-refractivity contribution in [3.8, 4) is 11.3 Å². The van der Waals surface area contributed by atoms with E-state index >= 15 is 0 Å². The Hall–Kier alpha value is -2.34. The van der Waals surface area contributed by atoms with E-state index in [0.717, 1.165) is 16.2 Å². The average Bonchev–Trinajstić information content (AvgIpc) is 3.19. The smallest absolute Gasteiger partial charge is 0.273 e. The van der Waals surface area contributed by atoms with Crippen LogP contribution in [0, 0.1) is 0 Å². The molecule has 7 heteroatoms. The number of anilines is 1. The van der Waals surface area contributed by atoms with Gasteiger partial charge in [0.05, 0.1) is 16.4 Å². The summed E-state index contributed by atoms with van der Waals surface area (Å²) in [6.07, 6.45) is 1.86. The van der Waals surface area contributed by atoms with Gasteiger partial charge in [-0.25, -0.2) is 4.98 Å². The van der Waals surface area contributed by atoms with E-state index in [9.17, 15) is 4.79 Å². The molecule has 2 heterocycles. The highest BCUT2D eigenvalue weighted by molar-refractivity contribution is 7.15. The molecule has 0 atom stereocenters. The highest BCUT2D eigenvalue weighted by Gasteiger charge is 2.16. The summed E-state index contributed by atoms with van der Waals surface area (Å²) in [5.41, 5.74) is 2.79. The lowest BCUT2D eigenvalue weighted by molar-refractivity contribution is 0.102. The first-order valence-electron chi connectivity index (χ1n) is 7.40. The van der Waals surface area contributed by atoms with Crippen LogP contribution in [0.25, 0.3) is 16.2 Å². The van der Waals surface area contributed by atoms with E-state index in [1.54, 1.807) is 28.0 Å². The zero-order valence-electron chi connectivity index (χ0n) is 12.7. The van der Waals surface area contributed by atoms with Gasteiger partial charge in [0.2, 0.25) is 0 Å². The maximum atomic E-state index is 12.6. The lowest BCUT2D eigenvalue weighted by atomic mass is 10.2. The summed E-state index contributed by atoms with van der Waals surface area (Å²) in [5, 5.41) is 5.50. The Morgan fingerprint density at radius 2 is 1.92 bits per heavy atom. The Morgan fingerprint density at radius 1 is 1.12 bits per heavy atom. The van der Waals surface area contributed by atoms with E-state index in [1.165, 1.54) is 11.3 Å². The molecule has 124 valence electrons. The molecule has 0 spiro atoms. The van der Waals surface area contributed by atoms with E-state index < -0.39 is 0 Å². The number of amides is 1. The fraction of sp³-hybridized carbons (Fsp3) is 0. The number of benzene rings is 2.